The molecule has 2 amide bonds. The van der Waals surface area contributed by atoms with Crippen molar-refractivity contribution in [2.45, 2.75) is 46.1 Å². The molecule has 0 saturated heterocycles. The maximum absolute atomic E-state index is 11.9. The van der Waals surface area contributed by atoms with Crippen LogP contribution in [0.3, 0.4) is 0 Å². The van der Waals surface area contributed by atoms with Gasteiger partial charge in [0.15, 0.2) is 0 Å². The van der Waals surface area contributed by atoms with Gasteiger partial charge in [-0.25, -0.2) is 0 Å². The first-order valence-electron chi connectivity index (χ1n) is 7.67. The fourth-order valence-electron chi connectivity index (χ4n) is 2.21. The van der Waals surface area contributed by atoms with E-state index < -0.39 is 17.9 Å². The monoisotopic (exact) mass is 306 g/mol. The van der Waals surface area contributed by atoms with Gasteiger partial charge in [0.05, 0.1) is 6.10 Å². The zero-order valence-electron chi connectivity index (χ0n) is 13.7. The van der Waals surface area contributed by atoms with Crippen molar-refractivity contribution in [3.05, 3.63) is 29.8 Å². The van der Waals surface area contributed by atoms with Gasteiger partial charge in [0, 0.05) is 12.2 Å². The molecule has 1 rings (SSSR count). The summed E-state index contributed by atoms with van der Waals surface area (Å²) in [4.78, 5) is 23.7. The Hall–Kier alpha value is -1.88. The summed E-state index contributed by atoms with van der Waals surface area (Å²) in [5, 5.41) is 14.8. The predicted octanol–water partition coefficient (Wildman–Crippen LogP) is 2.27. The lowest BCUT2D eigenvalue weighted by Crippen LogP contribution is -2.40. The van der Waals surface area contributed by atoms with E-state index in [1.807, 2.05) is 45.9 Å². The molecule has 0 radical (unpaired) electrons. The van der Waals surface area contributed by atoms with Crippen molar-refractivity contribution in [1.82, 2.24) is 5.32 Å². The van der Waals surface area contributed by atoms with Crippen LogP contribution < -0.4 is 10.6 Å². The lowest BCUT2D eigenvalue weighted by Gasteiger charge is -2.15. The van der Waals surface area contributed by atoms with Crippen LogP contribution in [0.25, 0.3) is 0 Å². The molecule has 0 aliphatic rings. The third kappa shape index (κ3) is 5.85. The number of para-hydroxylation sites is 1. The zero-order chi connectivity index (χ0) is 16.7. The van der Waals surface area contributed by atoms with Crippen molar-refractivity contribution in [3.63, 3.8) is 0 Å². The first-order chi connectivity index (χ1) is 10.3. The number of hydrogen-bond acceptors (Lipinski definition) is 3. The normalized spacial score (nSPS) is 12.3. The highest BCUT2D eigenvalue weighted by molar-refractivity contribution is 6.39. The number of hydrogen-bond donors (Lipinski definition) is 3. The molecule has 1 aromatic carbocycles. The highest BCUT2D eigenvalue weighted by atomic mass is 16.3. The van der Waals surface area contributed by atoms with Crippen LogP contribution in [-0.2, 0) is 9.59 Å². The number of amides is 2. The minimum absolute atomic E-state index is 0.0796. The Kier molecular flexibility index (Phi) is 7.05. The standard InChI is InChI=1S/C17H26N2O3/c1-11(2)9-13(20)10-18-16(21)17(22)19-15-8-6-5-7-14(15)12(3)4/h5-8,11-13,20H,9-10H2,1-4H3,(H,18,21)(H,19,22). The molecule has 1 aromatic rings. The topological polar surface area (TPSA) is 78.4 Å². The first-order valence-corrected chi connectivity index (χ1v) is 7.67. The highest BCUT2D eigenvalue weighted by Gasteiger charge is 2.17. The average Bonchev–Trinajstić information content (AvgIpc) is 2.44. The van der Waals surface area contributed by atoms with Crippen LogP contribution in [0.4, 0.5) is 5.69 Å². The molecule has 0 fully saturated rings. The highest BCUT2D eigenvalue weighted by Crippen LogP contribution is 2.23. The van der Waals surface area contributed by atoms with Crippen molar-refractivity contribution in [2.75, 3.05) is 11.9 Å². The summed E-state index contributed by atoms with van der Waals surface area (Å²) in [6.45, 7) is 8.10. The number of rotatable bonds is 6. The molecule has 0 aliphatic heterocycles. The van der Waals surface area contributed by atoms with E-state index in [0.29, 0.717) is 18.0 Å². The van der Waals surface area contributed by atoms with E-state index in [0.717, 1.165) is 5.56 Å². The molecular formula is C17H26N2O3. The average molecular weight is 306 g/mol. The number of aliphatic hydroxyl groups is 1. The van der Waals surface area contributed by atoms with E-state index in [-0.39, 0.29) is 12.5 Å². The smallest absolute Gasteiger partial charge is 0.313 e. The van der Waals surface area contributed by atoms with E-state index in [2.05, 4.69) is 10.6 Å². The molecule has 1 atom stereocenters. The Bertz CT molecular complexity index is 512. The third-order valence-corrected chi connectivity index (χ3v) is 3.28. The van der Waals surface area contributed by atoms with E-state index in [1.54, 1.807) is 6.07 Å². The largest absolute Gasteiger partial charge is 0.391 e. The molecule has 0 aromatic heterocycles. The van der Waals surface area contributed by atoms with Crippen LogP contribution >= 0.6 is 0 Å². The summed E-state index contributed by atoms with van der Waals surface area (Å²) < 4.78 is 0. The number of benzene rings is 1. The van der Waals surface area contributed by atoms with E-state index in [9.17, 15) is 14.7 Å². The van der Waals surface area contributed by atoms with Crippen LogP contribution in [-0.4, -0.2) is 29.6 Å². The Labute approximate surface area is 132 Å². The minimum Gasteiger partial charge on any atom is -0.391 e. The summed E-state index contributed by atoms with van der Waals surface area (Å²) in [6, 6.07) is 7.40. The van der Waals surface area contributed by atoms with Gasteiger partial charge in [-0.15, -0.1) is 0 Å². The van der Waals surface area contributed by atoms with Crippen molar-refractivity contribution in [2.24, 2.45) is 5.92 Å². The second-order valence-corrected chi connectivity index (χ2v) is 6.19. The second kappa shape index (κ2) is 8.54. The maximum Gasteiger partial charge on any atom is 0.313 e. The number of anilines is 1. The fourth-order valence-corrected chi connectivity index (χ4v) is 2.21. The molecule has 0 heterocycles. The quantitative estimate of drug-likeness (QED) is 0.705. The summed E-state index contributed by atoms with van der Waals surface area (Å²) in [7, 11) is 0. The van der Waals surface area contributed by atoms with Gasteiger partial charge in [0.2, 0.25) is 0 Å². The van der Waals surface area contributed by atoms with Gasteiger partial charge in [0.25, 0.3) is 0 Å². The van der Waals surface area contributed by atoms with Gasteiger partial charge in [-0.2, -0.15) is 0 Å². The molecule has 3 N–H and O–H groups in total. The molecule has 22 heavy (non-hydrogen) atoms. The van der Waals surface area contributed by atoms with Crippen molar-refractivity contribution in [3.8, 4) is 0 Å². The number of aliphatic hydroxyl groups excluding tert-OH is 1. The summed E-state index contributed by atoms with van der Waals surface area (Å²) >= 11 is 0. The van der Waals surface area contributed by atoms with E-state index in [1.165, 1.54) is 0 Å². The second-order valence-electron chi connectivity index (χ2n) is 6.19. The fraction of sp³-hybridized carbons (Fsp3) is 0.529. The maximum atomic E-state index is 11.9. The molecule has 5 heteroatoms. The molecule has 0 bridgehead atoms. The Morgan fingerprint density at radius 2 is 1.73 bits per heavy atom. The molecule has 5 nitrogen and oxygen atoms in total. The summed E-state index contributed by atoms with van der Waals surface area (Å²) in [6.07, 6.45) is -0.0577. The Balaban J connectivity index is 2.57. The van der Waals surface area contributed by atoms with Gasteiger partial charge < -0.3 is 15.7 Å². The molecular weight excluding hydrogens is 280 g/mol. The minimum atomic E-state index is -0.735. The SMILES string of the molecule is CC(C)CC(O)CNC(=O)C(=O)Nc1ccccc1C(C)C. The van der Waals surface area contributed by atoms with Crippen molar-refractivity contribution in [1.29, 1.82) is 0 Å². The number of nitrogens with one attached hydrogen (secondary N) is 2. The molecule has 0 spiro atoms. The van der Waals surface area contributed by atoms with Gasteiger partial charge in [-0.3, -0.25) is 9.59 Å². The van der Waals surface area contributed by atoms with Crippen LogP contribution in [0.5, 0.6) is 0 Å². The molecule has 0 saturated carbocycles. The van der Waals surface area contributed by atoms with E-state index in [4.69, 9.17) is 0 Å². The van der Waals surface area contributed by atoms with Crippen LogP contribution in [0.2, 0.25) is 0 Å². The van der Waals surface area contributed by atoms with Gasteiger partial charge in [-0.05, 0) is 29.9 Å². The van der Waals surface area contributed by atoms with E-state index >= 15 is 0 Å². The molecule has 0 aliphatic carbocycles. The summed E-state index contributed by atoms with van der Waals surface area (Å²) in [5.74, 6) is -0.878. The van der Waals surface area contributed by atoms with Crippen LogP contribution in [0.15, 0.2) is 24.3 Å². The van der Waals surface area contributed by atoms with Crippen molar-refractivity contribution < 1.29 is 14.7 Å². The molecule has 122 valence electrons. The summed E-state index contributed by atoms with van der Waals surface area (Å²) in [5.41, 5.74) is 1.61. The van der Waals surface area contributed by atoms with Crippen molar-refractivity contribution >= 4 is 17.5 Å². The van der Waals surface area contributed by atoms with Gasteiger partial charge in [0.1, 0.15) is 0 Å². The Morgan fingerprint density at radius 1 is 1.09 bits per heavy atom. The third-order valence-electron chi connectivity index (χ3n) is 3.28. The molecule has 1 unspecified atom stereocenters. The Morgan fingerprint density at radius 3 is 2.32 bits per heavy atom. The predicted molar refractivity (Wildman–Crippen MR) is 87.6 cm³/mol. The van der Waals surface area contributed by atoms with Gasteiger partial charge >= 0.3 is 11.8 Å². The first kappa shape index (κ1) is 18.2. The lowest BCUT2D eigenvalue weighted by molar-refractivity contribution is -0.136. The van der Waals surface area contributed by atoms with Crippen LogP contribution in [0.1, 0.15) is 45.6 Å². The lowest BCUT2D eigenvalue weighted by atomic mass is 10.0. The number of carbonyl (C=O) groups is 2. The zero-order valence-corrected chi connectivity index (χ0v) is 13.7. The van der Waals surface area contributed by atoms with Gasteiger partial charge in [-0.1, -0.05) is 45.9 Å². The number of carbonyl (C=O) groups excluding carboxylic acids is 2. The van der Waals surface area contributed by atoms with Crippen LogP contribution in [0, 0.1) is 5.92 Å².